The molecule has 0 aliphatic heterocycles. The molecular weight excluding hydrogens is 248 g/mol. The van der Waals surface area contributed by atoms with Crippen molar-refractivity contribution in [3.05, 3.63) is 36.0 Å². The molecule has 3 rings (SSSR count). The summed E-state index contributed by atoms with van der Waals surface area (Å²) in [6.45, 7) is 0. The first-order valence-corrected chi connectivity index (χ1v) is 6.34. The van der Waals surface area contributed by atoms with Gasteiger partial charge in [0.25, 0.3) is 0 Å². The second-order valence-electron chi connectivity index (χ2n) is 3.79. The SMILES string of the molecule is COc1ccc(-c2cn3ccsc3n2)cc1OC. The summed E-state index contributed by atoms with van der Waals surface area (Å²) in [5.41, 5.74) is 1.95. The summed E-state index contributed by atoms with van der Waals surface area (Å²) in [6, 6.07) is 5.81. The minimum atomic E-state index is 0.714. The van der Waals surface area contributed by atoms with Crippen molar-refractivity contribution in [2.24, 2.45) is 0 Å². The van der Waals surface area contributed by atoms with E-state index < -0.39 is 0 Å². The van der Waals surface area contributed by atoms with Gasteiger partial charge in [-0.05, 0) is 18.2 Å². The van der Waals surface area contributed by atoms with E-state index in [1.807, 2.05) is 40.4 Å². The van der Waals surface area contributed by atoms with Gasteiger partial charge in [-0.15, -0.1) is 11.3 Å². The molecule has 0 aliphatic carbocycles. The molecule has 0 bridgehead atoms. The van der Waals surface area contributed by atoms with Gasteiger partial charge in [0, 0.05) is 23.3 Å². The molecule has 2 aromatic heterocycles. The zero-order valence-electron chi connectivity index (χ0n) is 10.1. The van der Waals surface area contributed by atoms with Crippen molar-refractivity contribution >= 4 is 16.3 Å². The smallest absolute Gasteiger partial charge is 0.194 e. The molecule has 0 saturated carbocycles. The molecule has 0 saturated heterocycles. The zero-order chi connectivity index (χ0) is 12.5. The number of aromatic nitrogens is 2. The van der Waals surface area contributed by atoms with Crippen LogP contribution in [-0.4, -0.2) is 23.6 Å². The van der Waals surface area contributed by atoms with Crippen molar-refractivity contribution in [2.75, 3.05) is 14.2 Å². The molecule has 0 aliphatic rings. The Balaban J connectivity index is 2.08. The van der Waals surface area contributed by atoms with Gasteiger partial charge in [0.15, 0.2) is 16.5 Å². The van der Waals surface area contributed by atoms with Crippen LogP contribution in [0.25, 0.3) is 16.2 Å². The fraction of sp³-hybridized carbons (Fsp3) is 0.154. The van der Waals surface area contributed by atoms with Crippen molar-refractivity contribution in [1.82, 2.24) is 9.38 Å². The topological polar surface area (TPSA) is 35.8 Å². The van der Waals surface area contributed by atoms with Crippen molar-refractivity contribution in [3.63, 3.8) is 0 Å². The van der Waals surface area contributed by atoms with E-state index in [1.165, 1.54) is 0 Å². The first-order chi connectivity index (χ1) is 8.81. The summed E-state index contributed by atoms with van der Waals surface area (Å²) < 4.78 is 12.5. The number of imidazole rings is 1. The number of nitrogens with zero attached hydrogens (tertiary/aromatic N) is 2. The van der Waals surface area contributed by atoms with Crippen molar-refractivity contribution < 1.29 is 9.47 Å². The predicted molar refractivity (Wildman–Crippen MR) is 71.6 cm³/mol. The van der Waals surface area contributed by atoms with E-state index in [4.69, 9.17) is 9.47 Å². The van der Waals surface area contributed by atoms with Crippen LogP contribution < -0.4 is 9.47 Å². The summed E-state index contributed by atoms with van der Waals surface area (Å²) in [7, 11) is 3.26. The van der Waals surface area contributed by atoms with Crippen LogP contribution in [0.3, 0.4) is 0 Å². The Kier molecular flexibility index (Phi) is 2.68. The highest BCUT2D eigenvalue weighted by atomic mass is 32.1. The number of rotatable bonds is 3. The standard InChI is InChI=1S/C13H12N2O2S/c1-16-11-4-3-9(7-12(11)17-2)10-8-15-5-6-18-13(15)14-10/h3-8H,1-2H3. The Hall–Kier alpha value is -2.01. The number of hydrogen-bond acceptors (Lipinski definition) is 4. The molecule has 1 aromatic carbocycles. The van der Waals surface area contributed by atoms with Crippen LogP contribution in [0.1, 0.15) is 0 Å². The van der Waals surface area contributed by atoms with Crippen LogP contribution in [0, 0.1) is 0 Å². The number of hydrogen-bond donors (Lipinski definition) is 0. The third kappa shape index (κ3) is 1.73. The molecule has 0 amide bonds. The average molecular weight is 260 g/mol. The lowest BCUT2D eigenvalue weighted by Gasteiger charge is -2.08. The Bertz CT molecular complexity index is 659. The van der Waals surface area contributed by atoms with Crippen LogP contribution in [-0.2, 0) is 0 Å². The Morgan fingerprint density at radius 2 is 2.00 bits per heavy atom. The Morgan fingerprint density at radius 3 is 2.72 bits per heavy atom. The second kappa shape index (κ2) is 4.34. The van der Waals surface area contributed by atoms with Crippen LogP contribution in [0.2, 0.25) is 0 Å². The summed E-state index contributed by atoms with van der Waals surface area (Å²) in [4.78, 5) is 5.54. The van der Waals surface area contributed by atoms with Crippen molar-refractivity contribution in [1.29, 1.82) is 0 Å². The van der Waals surface area contributed by atoms with Gasteiger partial charge in [0.2, 0.25) is 0 Å². The van der Waals surface area contributed by atoms with E-state index in [0.717, 1.165) is 22.0 Å². The van der Waals surface area contributed by atoms with Crippen molar-refractivity contribution in [2.45, 2.75) is 0 Å². The van der Waals surface area contributed by atoms with Gasteiger partial charge in [-0.2, -0.15) is 0 Å². The van der Waals surface area contributed by atoms with E-state index in [0.29, 0.717) is 5.75 Å². The summed E-state index contributed by atoms with van der Waals surface area (Å²) in [5.74, 6) is 1.44. The number of benzene rings is 1. The van der Waals surface area contributed by atoms with E-state index in [2.05, 4.69) is 4.98 Å². The lowest BCUT2D eigenvalue weighted by atomic mass is 10.1. The molecule has 0 fully saturated rings. The van der Waals surface area contributed by atoms with Crippen molar-refractivity contribution in [3.8, 4) is 22.8 Å². The molecule has 0 N–H and O–H groups in total. The van der Waals surface area contributed by atoms with Gasteiger partial charge in [-0.25, -0.2) is 4.98 Å². The molecule has 0 radical (unpaired) electrons. The monoisotopic (exact) mass is 260 g/mol. The molecule has 0 atom stereocenters. The maximum Gasteiger partial charge on any atom is 0.194 e. The number of ether oxygens (including phenoxy) is 2. The minimum Gasteiger partial charge on any atom is -0.493 e. The quantitative estimate of drug-likeness (QED) is 0.726. The number of fused-ring (bicyclic) bond motifs is 1. The third-order valence-electron chi connectivity index (χ3n) is 2.77. The molecule has 0 unspecified atom stereocenters. The van der Waals surface area contributed by atoms with Crippen LogP contribution in [0.5, 0.6) is 11.5 Å². The van der Waals surface area contributed by atoms with Gasteiger partial charge >= 0.3 is 0 Å². The maximum atomic E-state index is 5.30. The third-order valence-corrected chi connectivity index (χ3v) is 3.54. The van der Waals surface area contributed by atoms with E-state index in [-0.39, 0.29) is 0 Å². The first kappa shape index (κ1) is 11.1. The summed E-state index contributed by atoms with van der Waals surface area (Å²) in [6.07, 6.45) is 4.00. The van der Waals surface area contributed by atoms with E-state index in [9.17, 15) is 0 Å². The molecule has 92 valence electrons. The second-order valence-corrected chi connectivity index (χ2v) is 4.66. The highest BCUT2D eigenvalue weighted by Crippen LogP contribution is 2.32. The molecule has 4 nitrogen and oxygen atoms in total. The van der Waals surface area contributed by atoms with Gasteiger partial charge in [-0.1, -0.05) is 0 Å². The maximum absolute atomic E-state index is 5.30. The Morgan fingerprint density at radius 1 is 1.17 bits per heavy atom. The molecular formula is C13H12N2O2S. The average Bonchev–Trinajstić information content (AvgIpc) is 2.98. The first-order valence-electron chi connectivity index (χ1n) is 5.46. The molecule has 5 heteroatoms. The summed E-state index contributed by atoms with van der Waals surface area (Å²) in [5, 5.41) is 2.01. The van der Waals surface area contributed by atoms with Crippen LogP contribution >= 0.6 is 11.3 Å². The number of methoxy groups -OCH3 is 2. The van der Waals surface area contributed by atoms with E-state index in [1.54, 1.807) is 25.6 Å². The minimum absolute atomic E-state index is 0.714. The Labute approximate surface area is 108 Å². The lowest BCUT2D eigenvalue weighted by molar-refractivity contribution is 0.355. The van der Waals surface area contributed by atoms with Gasteiger partial charge in [0.05, 0.1) is 19.9 Å². The normalized spacial score (nSPS) is 10.8. The zero-order valence-corrected chi connectivity index (χ0v) is 10.9. The van der Waals surface area contributed by atoms with Crippen LogP contribution in [0.15, 0.2) is 36.0 Å². The fourth-order valence-electron chi connectivity index (χ4n) is 1.86. The highest BCUT2D eigenvalue weighted by molar-refractivity contribution is 7.15. The predicted octanol–water partition coefficient (Wildman–Crippen LogP) is 3.08. The van der Waals surface area contributed by atoms with Gasteiger partial charge < -0.3 is 9.47 Å². The molecule has 18 heavy (non-hydrogen) atoms. The summed E-state index contributed by atoms with van der Waals surface area (Å²) >= 11 is 1.62. The molecule has 2 heterocycles. The van der Waals surface area contributed by atoms with Crippen LogP contribution in [0.4, 0.5) is 0 Å². The van der Waals surface area contributed by atoms with E-state index >= 15 is 0 Å². The van der Waals surface area contributed by atoms with Gasteiger partial charge in [-0.3, -0.25) is 4.40 Å². The lowest BCUT2D eigenvalue weighted by Crippen LogP contribution is -1.90. The van der Waals surface area contributed by atoms with Gasteiger partial charge in [0.1, 0.15) is 0 Å². The highest BCUT2D eigenvalue weighted by Gasteiger charge is 2.09. The number of thiazole rings is 1. The fourth-order valence-corrected chi connectivity index (χ4v) is 2.56. The largest absolute Gasteiger partial charge is 0.493 e. The molecule has 0 spiro atoms. The molecule has 3 aromatic rings.